The van der Waals surface area contributed by atoms with Crippen LogP contribution in [0.1, 0.15) is 18.1 Å². The van der Waals surface area contributed by atoms with Crippen molar-refractivity contribution >= 4 is 27.8 Å². The molecule has 0 fully saturated rings. The molecule has 0 bridgehead atoms. The molecule has 1 unspecified atom stereocenters. The van der Waals surface area contributed by atoms with Gasteiger partial charge in [-0.25, -0.2) is 0 Å². The molecule has 0 saturated heterocycles. The van der Waals surface area contributed by atoms with E-state index < -0.39 is 12.0 Å². The normalized spacial score (nSPS) is 11.9. The summed E-state index contributed by atoms with van der Waals surface area (Å²) in [5.74, 6) is -1.33. The highest BCUT2D eigenvalue weighted by Crippen LogP contribution is 2.17. The van der Waals surface area contributed by atoms with E-state index in [1.807, 2.05) is 25.1 Å². The summed E-state index contributed by atoms with van der Waals surface area (Å²) in [4.78, 5) is 22.1. The van der Waals surface area contributed by atoms with Gasteiger partial charge >= 0.3 is 5.97 Å². The molecule has 1 amide bonds. The topological polar surface area (TPSA) is 66.4 Å². The Balaban J connectivity index is 2.62. The van der Waals surface area contributed by atoms with Crippen LogP contribution in [0.3, 0.4) is 0 Å². The summed E-state index contributed by atoms with van der Waals surface area (Å²) >= 11 is 3.38. The van der Waals surface area contributed by atoms with E-state index in [2.05, 4.69) is 21.2 Å². The smallest absolute Gasteiger partial charge is 0.325 e. The fraction of sp³-hybridized carbons (Fsp3) is 0.333. The minimum absolute atomic E-state index is 0.177. The molecule has 0 saturated carbocycles. The van der Waals surface area contributed by atoms with Gasteiger partial charge in [0, 0.05) is 4.47 Å². The standard InChI is InChI=1S/C12H14BrNO3/c1-7-3-4-9(5-10(7)13)6-11(15)14-8(2)12(16)17/h3-5,8H,6H2,1-2H3,(H,14,15)(H,16,17). The van der Waals surface area contributed by atoms with Crippen molar-refractivity contribution in [1.82, 2.24) is 5.32 Å². The summed E-state index contributed by atoms with van der Waals surface area (Å²) in [6, 6.07) is 4.76. The lowest BCUT2D eigenvalue weighted by Crippen LogP contribution is -2.39. The fourth-order valence-electron chi connectivity index (χ4n) is 1.29. The Hall–Kier alpha value is -1.36. The van der Waals surface area contributed by atoms with Crippen molar-refractivity contribution in [3.8, 4) is 0 Å². The van der Waals surface area contributed by atoms with E-state index in [0.29, 0.717) is 0 Å². The van der Waals surface area contributed by atoms with Crippen LogP contribution < -0.4 is 5.32 Å². The zero-order valence-corrected chi connectivity index (χ0v) is 11.2. The molecule has 92 valence electrons. The molecule has 1 atom stereocenters. The summed E-state index contributed by atoms with van der Waals surface area (Å²) in [5.41, 5.74) is 1.94. The van der Waals surface area contributed by atoms with Gasteiger partial charge in [-0.3, -0.25) is 9.59 Å². The largest absolute Gasteiger partial charge is 0.480 e. The van der Waals surface area contributed by atoms with Crippen LogP contribution in [0.25, 0.3) is 0 Å². The van der Waals surface area contributed by atoms with Crippen LogP contribution in [0.4, 0.5) is 0 Å². The Morgan fingerprint density at radius 1 is 1.47 bits per heavy atom. The highest BCUT2D eigenvalue weighted by atomic mass is 79.9. The Morgan fingerprint density at radius 3 is 2.65 bits per heavy atom. The maximum atomic E-state index is 11.5. The molecule has 2 N–H and O–H groups in total. The van der Waals surface area contributed by atoms with Crippen molar-refractivity contribution in [2.75, 3.05) is 0 Å². The number of aryl methyl sites for hydroxylation is 1. The van der Waals surface area contributed by atoms with Crippen LogP contribution in [0.15, 0.2) is 22.7 Å². The Kier molecular flexibility index (Phi) is 4.69. The number of benzene rings is 1. The van der Waals surface area contributed by atoms with Crippen LogP contribution >= 0.6 is 15.9 Å². The number of nitrogens with one attached hydrogen (secondary N) is 1. The zero-order valence-electron chi connectivity index (χ0n) is 9.66. The summed E-state index contributed by atoms with van der Waals surface area (Å²) < 4.78 is 0.939. The first-order valence-corrected chi connectivity index (χ1v) is 5.96. The molecule has 0 aliphatic rings. The van der Waals surface area contributed by atoms with Crippen LogP contribution in [0.2, 0.25) is 0 Å². The van der Waals surface area contributed by atoms with E-state index in [0.717, 1.165) is 15.6 Å². The van der Waals surface area contributed by atoms with Gasteiger partial charge in [0.05, 0.1) is 6.42 Å². The molecule has 0 aliphatic heterocycles. The molecular formula is C12H14BrNO3. The number of hydrogen-bond donors (Lipinski definition) is 2. The summed E-state index contributed by atoms with van der Waals surface area (Å²) in [6.07, 6.45) is 0.177. The van der Waals surface area contributed by atoms with Crippen molar-refractivity contribution in [1.29, 1.82) is 0 Å². The lowest BCUT2D eigenvalue weighted by atomic mass is 10.1. The number of carbonyl (C=O) groups is 2. The third-order valence-corrected chi connectivity index (χ3v) is 3.20. The van der Waals surface area contributed by atoms with Crippen molar-refractivity contribution in [3.63, 3.8) is 0 Å². The molecule has 0 heterocycles. The van der Waals surface area contributed by atoms with E-state index in [-0.39, 0.29) is 12.3 Å². The molecule has 0 spiro atoms. The van der Waals surface area contributed by atoms with E-state index in [1.54, 1.807) is 0 Å². The van der Waals surface area contributed by atoms with Crippen LogP contribution in [0.5, 0.6) is 0 Å². The molecule has 1 rings (SSSR count). The predicted molar refractivity (Wildman–Crippen MR) is 67.8 cm³/mol. The molecular weight excluding hydrogens is 286 g/mol. The quantitative estimate of drug-likeness (QED) is 0.892. The van der Waals surface area contributed by atoms with E-state index in [4.69, 9.17) is 5.11 Å². The average Bonchev–Trinajstić information content (AvgIpc) is 2.23. The van der Waals surface area contributed by atoms with Gasteiger partial charge in [0.1, 0.15) is 6.04 Å². The SMILES string of the molecule is Cc1ccc(CC(=O)NC(C)C(=O)O)cc1Br. The minimum Gasteiger partial charge on any atom is -0.480 e. The van der Waals surface area contributed by atoms with E-state index >= 15 is 0 Å². The fourth-order valence-corrected chi connectivity index (χ4v) is 1.71. The lowest BCUT2D eigenvalue weighted by molar-refractivity contribution is -0.141. The molecule has 1 aromatic carbocycles. The molecule has 1 aromatic rings. The second kappa shape index (κ2) is 5.82. The van der Waals surface area contributed by atoms with Gasteiger partial charge in [-0.05, 0) is 31.0 Å². The van der Waals surface area contributed by atoms with Crippen LogP contribution in [0, 0.1) is 6.92 Å². The van der Waals surface area contributed by atoms with Crippen molar-refractivity contribution in [2.24, 2.45) is 0 Å². The highest BCUT2D eigenvalue weighted by molar-refractivity contribution is 9.10. The number of hydrogen-bond acceptors (Lipinski definition) is 2. The Labute approximate surface area is 108 Å². The van der Waals surface area contributed by atoms with Gasteiger partial charge in [0.15, 0.2) is 0 Å². The van der Waals surface area contributed by atoms with Crippen LogP contribution in [-0.2, 0) is 16.0 Å². The summed E-state index contributed by atoms with van der Waals surface area (Å²) in [7, 11) is 0. The maximum absolute atomic E-state index is 11.5. The van der Waals surface area contributed by atoms with Gasteiger partial charge < -0.3 is 10.4 Å². The Bertz CT molecular complexity index is 445. The van der Waals surface area contributed by atoms with Crippen molar-refractivity contribution < 1.29 is 14.7 Å². The zero-order chi connectivity index (χ0) is 13.0. The number of aliphatic carboxylic acids is 1. The molecule has 0 radical (unpaired) electrons. The summed E-state index contributed by atoms with van der Waals surface area (Å²) in [5, 5.41) is 11.1. The number of amides is 1. The number of rotatable bonds is 4. The number of carboxylic acid groups (broad SMARTS) is 1. The second-order valence-electron chi connectivity index (χ2n) is 3.89. The monoisotopic (exact) mass is 299 g/mol. The first kappa shape index (κ1) is 13.7. The minimum atomic E-state index is -1.04. The lowest BCUT2D eigenvalue weighted by Gasteiger charge is -2.09. The van der Waals surface area contributed by atoms with Gasteiger partial charge in [0.2, 0.25) is 5.91 Å². The third kappa shape index (κ3) is 4.19. The van der Waals surface area contributed by atoms with Gasteiger partial charge in [0.25, 0.3) is 0 Å². The number of carboxylic acids is 1. The molecule has 17 heavy (non-hydrogen) atoms. The molecule has 0 aromatic heterocycles. The van der Waals surface area contributed by atoms with Gasteiger partial charge in [-0.15, -0.1) is 0 Å². The van der Waals surface area contributed by atoms with E-state index in [9.17, 15) is 9.59 Å². The highest BCUT2D eigenvalue weighted by Gasteiger charge is 2.14. The third-order valence-electron chi connectivity index (χ3n) is 2.35. The Morgan fingerprint density at radius 2 is 2.12 bits per heavy atom. The van der Waals surface area contributed by atoms with Crippen molar-refractivity contribution in [3.05, 3.63) is 33.8 Å². The van der Waals surface area contributed by atoms with Gasteiger partial charge in [-0.2, -0.15) is 0 Å². The first-order chi connectivity index (χ1) is 7.90. The molecule has 0 aliphatic carbocycles. The van der Waals surface area contributed by atoms with E-state index in [1.165, 1.54) is 6.92 Å². The van der Waals surface area contributed by atoms with Gasteiger partial charge in [-0.1, -0.05) is 28.1 Å². The number of carbonyl (C=O) groups excluding carboxylic acids is 1. The van der Waals surface area contributed by atoms with Crippen molar-refractivity contribution in [2.45, 2.75) is 26.3 Å². The average molecular weight is 300 g/mol. The predicted octanol–water partition coefficient (Wildman–Crippen LogP) is 1.89. The maximum Gasteiger partial charge on any atom is 0.325 e. The second-order valence-corrected chi connectivity index (χ2v) is 4.74. The summed E-state index contributed by atoms with van der Waals surface area (Å²) in [6.45, 7) is 3.39. The number of halogens is 1. The molecule has 4 nitrogen and oxygen atoms in total. The first-order valence-electron chi connectivity index (χ1n) is 5.17. The molecule has 5 heteroatoms. The van der Waals surface area contributed by atoms with Crippen LogP contribution in [-0.4, -0.2) is 23.0 Å².